The fraction of sp³-hybridized carbons (Fsp3) is 0.333. The van der Waals surface area contributed by atoms with Gasteiger partial charge in [0.1, 0.15) is 12.1 Å². The van der Waals surface area contributed by atoms with Crippen LogP contribution in [0, 0.1) is 5.82 Å². The van der Waals surface area contributed by atoms with Crippen LogP contribution in [0.1, 0.15) is 12.8 Å². The molecule has 2 aromatic rings. The minimum absolute atomic E-state index is 0.257. The van der Waals surface area contributed by atoms with Gasteiger partial charge < -0.3 is 10.6 Å². The van der Waals surface area contributed by atoms with Crippen LogP contribution in [0.25, 0.3) is 11.3 Å². The Morgan fingerprint density at radius 2 is 2.05 bits per heavy atom. The molecule has 2 N–H and O–H groups in total. The molecule has 5 heteroatoms. The summed E-state index contributed by atoms with van der Waals surface area (Å²) in [7, 11) is 0. The smallest absolute Gasteiger partial charge is 0.123 e. The highest BCUT2D eigenvalue weighted by Crippen LogP contribution is 2.29. The summed E-state index contributed by atoms with van der Waals surface area (Å²) in [6, 6.07) is 6.77. The van der Waals surface area contributed by atoms with Crippen LogP contribution in [0.5, 0.6) is 0 Å². The van der Waals surface area contributed by atoms with E-state index in [1.165, 1.54) is 18.5 Å². The SMILES string of the molecule is NC1CCN(c2cncnc2-c2cccc(F)c2)CC1. The van der Waals surface area contributed by atoms with E-state index in [1.807, 2.05) is 6.07 Å². The summed E-state index contributed by atoms with van der Waals surface area (Å²) in [5.74, 6) is -0.257. The van der Waals surface area contributed by atoms with Gasteiger partial charge in [0, 0.05) is 24.7 Å². The normalized spacial score (nSPS) is 16.4. The first-order valence-corrected chi connectivity index (χ1v) is 6.80. The van der Waals surface area contributed by atoms with Crippen LogP contribution in [0.3, 0.4) is 0 Å². The average molecular weight is 272 g/mol. The molecule has 1 fully saturated rings. The largest absolute Gasteiger partial charge is 0.368 e. The molecule has 0 atom stereocenters. The van der Waals surface area contributed by atoms with Gasteiger partial charge in [-0.15, -0.1) is 0 Å². The maximum atomic E-state index is 13.4. The molecule has 1 aromatic carbocycles. The van der Waals surface area contributed by atoms with Crippen molar-refractivity contribution < 1.29 is 4.39 Å². The summed E-state index contributed by atoms with van der Waals surface area (Å²) < 4.78 is 13.4. The molecule has 0 saturated carbocycles. The summed E-state index contributed by atoms with van der Waals surface area (Å²) in [5.41, 5.74) is 8.43. The Kier molecular flexibility index (Phi) is 3.60. The predicted octanol–water partition coefficient (Wildman–Crippen LogP) is 2.21. The number of aromatic nitrogens is 2. The maximum Gasteiger partial charge on any atom is 0.123 e. The van der Waals surface area contributed by atoms with Crippen LogP contribution < -0.4 is 10.6 Å². The van der Waals surface area contributed by atoms with Gasteiger partial charge in [-0.1, -0.05) is 12.1 Å². The lowest BCUT2D eigenvalue weighted by Crippen LogP contribution is -2.40. The molecule has 1 saturated heterocycles. The van der Waals surface area contributed by atoms with E-state index < -0.39 is 0 Å². The molecule has 1 aliphatic heterocycles. The van der Waals surface area contributed by atoms with Crippen molar-refractivity contribution in [3.05, 3.63) is 42.6 Å². The summed E-state index contributed by atoms with van der Waals surface area (Å²) in [4.78, 5) is 10.7. The molecule has 3 rings (SSSR count). The topological polar surface area (TPSA) is 55.0 Å². The molecule has 0 spiro atoms. The van der Waals surface area contributed by atoms with Crippen molar-refractivity contribution in [2.24, 2.45) is 5.73 Å². The van der Waals surface area contributed by atoms with Gasteiger partial charge in [-0.05, 0) is 25.0 Å². The van der Waals surface area contributed by atoms with Crippen molar-refractivity contribution in [1.82, 2.24) is 9.97 Å². The minimum atomic E-state index is -0.257. The number of halogens is 1. The van der Waals surface area contributed by atoms with E-state index in [0.29, 0.717) is 0 Å². The van der Waals surface area contributed by atoms with Gasteiger partial charge in [0.25, 0.3) is 0 Å². The Hall–Kier alpha value is -2.01. The fourth-order valence-electron chi connectivity index (χ4n) is 2.55. The first-order valence-electron chi connectivity index (χ1n) is 6.80. The van der Waals surface area contributed by atoms with Gasteiger partial charge in [0.05, 0.1) is 17.6 Å². The number of nitrogens with zero attached hydrogens (tertiary/aromatic N) is 3. The Balaban J connectivity index is 1.96. The van der Waals surface area contributed by atoms with Gasteiger partial charge >= 0.3 is 0 Å². The summed E-state index contributed by atoms with van der Waals surface area (Å²) >= 11 is 0. The van der Waals surface area contributed by atoms with E-state index in [9.17, 15) is 4.39 Å². The van der Waals surface area contributed by atoms with E-state index >= 15 is 0 Å². The van der Waals surface area contributed by atoms with E-state index in [2.05, 4.69) is 14.9 Å². The number of hydrogen-bond acceptors (Lipinski definition) is 4. The zero-order valence-electron chi connectivity index (χ0n) is 11.2. The molecule has 4 nitrogen and oxygen atoms in total. The predicted molar refractivity (Wildman–Crippen MR) is 76.8 cm³/mol. The standard InChI is InChI=1S/C15H17FN4/c16-12-3-1-2-11(8-12)15-14(9-18-10-19-15)20-6-4-13(17)5-7-20/h1-3,8-10,13H,4-7,17H2. The highest BCUT2D eigenvalue weighted by atomic mass is 19.1. The molecule has 2 heterocycles. The molecular weight excluding hydrogens is 255 g/mol. The van der Waals surface area contributed by atoms with Crippen LogP contribution in [-0.4, -0.2) is 29.1 Å². The van der Waals surface area contributed by atoms with Gasteiger partial charge in [-0.3, -0.25) is 0 Å². The lowest BCUT2D eigenvalue weighted by atomic mass is 10.0. The maximum absolute atomic E-state index is 13.4. The van der Waals surface area contributed by atoms with Crippen LogP contribution >= 0.6 is 0 Å². The van der Waals surface area contributed by atoms with Crippen LogP contribution in [0.2, 0.25) is 0 Å². The van der Waals surface area contributed by atoms with Crippen LogP contribution in [0.4, 0.5) is 10.1 Å². The van der Waals surface area contributed by atoms with E-state index in [4.69, 9.17) is 5.73 Å². The van der Waals surface area contributed by atoms with Gasteiger partial charge in [-0.2, -0.15) is 0 Å². The molecule has 1 aliphatic rings. The molecule has 0 bridgehead atoms. The van der Waals surface area contributed by atoms with Crippen molar-refractivity contribution in [2.45, 2.75) is 18.9 Å². The fourth-order valence-corrected chi connectivity index (χ4v) is 2.55. The molecule has 0 aliphatic carbocycles. The number of nitrogens with two attached hydrogens (primary N) is 1. The monoisotopic (exact) mass is 272 g/mol. The van der Waals surface area contributed by atoms with Crippen molar-refractivity contribution >= 4 is 5.69 Å². The molecule has 20 heavy (non-hydrogen) atoms. The van der Waals surface area contributed by atoms with Gasteiger partial charge in [0.15, 0.2) is 0 Å². The first kappa shape index (κ1) is 13.0. The van der Waals surface area contributed by atoms with Crippen molar-refractivity contribution in [3.8, 4) is 11.3 Å². The van der Waals surface area contributed by atoms with Gasteiger partial charge in [0.2, 0.25) is 0 Å². The van der Waals surface area contributed by atoms with E-state index in [-0.39, 0.29) is 11.9 Å². The van der Waals surface area contributed by atoms with Crippen molar-refractivity contribution in [3.63, 3.8) is 0 Å². The second kappa shape index (κ2) is 5.54. The molecule has 1 aromatic heterocycles. The summed E-state index contributed by atoms with van der Waals surface area (Å²) in [6.07, 6.45) is 5.21. The number of anilines is 1. The molecular formula is C15H17FN4. The van der Waals surface area contributed by atoms with Crippen LogP contribution in [-0.2, 0) is 0 Å². The minimum Gasteiger partial charge on any atom is -0.368 e. The number of rotatable bonds is 2. The molecule has 0 amide bonds. The zero-order chi connectivity index (χ0) is 13.9. The van der Waals surface area contributed by atoms with Crippen molar-refractivity contribution in [2.75, 3.05) is 18.0 Å². The molecule has 104 valence electrons. The second-order valence-corrected chi connectivity index (χ2v) is 5.09. The molecule has 0 unspecified atom stereocenters. The van der Waals surface area contributed by atoms with E-state index in [1.54, 1.807) is 12.3 Å². The number of benzene rings is 1. The van der Waals surface area contributed by atoms with Crippen molar-refractivity contribution in [1.29, 1.82) is 0 Å². The third-order valence-corrected chi connectivity index (χ3v) is 3.67. The Bertz CT molecular complexity index is 594. The van der Waals surface area contributed by atoms with Crippen LogP contribution in [0.15, 0.2) is 36.8 Å². The Morgan fingerprint density at radius 3 is 2.80 bits per heavy atom. The second-order valence-electron chi connectivity index (χ2n) is 5.09. The third kappa shape index (κ3) is 2.63. The summed E-state index contributed by atoms with van der Waals surface area (Å²) in [5, 5.41) is 0. The quantitative estimate of drug-likeness (QED) is 0.910. The highest BCUT2D eigenvalue weighted by molar-refractivity contribution is 5.74. The lowest BCUT2D eigenvalue weighted by molar-refractivity contribution is 0.501. The van der Waals surface area contributed by atoms with E-state index in [0.717, 1.165) is 42.9 Å². The number of piperidine rings is 1. The third-order valence-electron chi connectivity index (χ3n) is 3.67. The molecule has 0 radical (unpaired) electrons. The zero-order valence-corrected chi connectivity index (χ0v) is 11.2. The lowest BCUT2D eigenvalue weighted by Gasteiger charge is -2.32. The summed E-state index contributed by atoms with van der Waals surface area (Å²) in [6.45, 7) is 1.77. The van der Waals surface area contributed by atoms with Gasteiger partial charge in [-0.25, -0.2) is 14.4 Å². The first-order chi connectivity index (χ1) is 9.74. The highest BCUT2D eigenvalue weighted by Gasteiger charge is 2.20. The Labute approximate surface area is 117 Å². The number of hydrogen-bond donors (Lipinski definition) is 1. The Morgan fingerprint density at radius 1 is 1.25 bits per heavy atom. The average Bonchev–Trinajstić information content (AvgIpc) is 2.48.